The Morgan fingerprint density at radius 1 is 0.600 bits per heavy atom. The number of hydrogen-bond donors (Lipinski definition) is 8. The van der Waals surface area contributed by atoms with Crippen molar-refractivity contribution in [1.29, 1.82) is 0 Å². The van der Waals surface area contributed by atoms with Crippen LogP contribution >= 0.6 is 0 Å². The molecule has 0 spiro atoms. The summed E-state index contributed by atoms with van der Waals surface area (Å²) >= 11 is 0. The van der Waals surface area contributed by atoms with E-state index in [9.17, 15) is 39.4 Å². The average Bonchev–Trinajstić information content (AvgIpc) is 2.57. The summed E-state index contributed by atoms with van der Waals surface area (Å²) < 4.78 is 39.1. The van der Waals surface area contributed by atoms with Crippen molar-refractivity contribution in [3.05, 3.63) is 0 Å². The largest absolute Gasteiger partial charge is 0.394 e. The second-order valence-electron chi connectivity index (χ2n) is 6.17. The SMILES string of the molecule is OC[C@H]1O[C@@H](C(F)(F)[C@H]2O[C@H](CO)[C@@H](O)[C@H](O)[C@@H]2O)[C@H](O)[C@@H](O)[C@H]1O. The number of halogens is 2. The highest BCUT2D eigenvalue weighted by molar-refractivity contribution is 5.05. The van der Waals surface area contributed by atoms with Gasteiger partial charge in [-0.2, -0.15) is 0 Å². The molecule has 0 bridgehead atoms. The molecular formula is C13H22F2O10. The summed E-state index contributed by atoms with van der Waals surface area (Å²) in [5, 5.41) is 76.3. The Morgan fingerprint density at radius 2 is 0.920 bits per heavy atom. The van der Waals surface area contributed by atoms with Gasteiger partial charge in [-0.25, -0.2) is 8.78 Å². The van der Waals surface area contributed by atoms with Crippen LogP contribution in [-0.2, 0) is 9.47 Å². The maximum Gasteiger partial charge on any atom is 0.304 e. The summed E-state index contributed by atoms with van der Waals surface area (Å²) in [6, 6.07) is 0. The number of aliphatic hydroxyl groups excluding tert-OH is 8. The summed E-state index contributed by atoms with van der Waals surface area (Å²) in [5.74, 6) is -4.23. The van der Waals surface area contributed by atoms with Gasteiger partial charge in [0.05, 0.1) is 13.2 Å². The smallest absolute Gasteiger partial charge is 0.304 e. The van der Waals surface area contributed by atoms with E-state index in [0.29, 0.717) is 0 Å². The van der Waals surface area contributed by atoms with Crippen molar-refractivity contribution in [3.63, 3.8) is 0 Å². The summed E-state index contributed by atoms with van der Waals surface area (Å²) in [4.78, 5) is 0. The third-order valence-electron chi connectivity index (χ3n) is 4.54. The van der Waals surface area contributed by atoms with E-state index in [1.54, 1.807) is 0 Å². The molecular weight excluding hydrogens is 354 g/mol. The van der Waals surface area contributed by atoms with E-state index in [2.05, 4.69) is 0 Å². The van der Waals surface area contributed by atoms with Crippen molar-refractivity contribution in [2.24, 2.45) is 0 Å². The number of rotatable bonds is 4. The first-order chi connectivity index (χ1) is 11.6. The molecule has 25 heavy (non-hydrogen) atoms. The fraction of sp³-hybridized carbons (Fsp3) is 1.00. The molecule has 0 aromatic carbocycles. The monoisotopic (exact) mass is 376 g/mol. The number of ether oxygens (including phenoxy) is 2. The van der Waals surface area contributed by atoms with Crippen LogP contribution in [0.4, 0.5) is 8.78 Å². The first-order valence-corrected chi connectivity index (χ1v) is 7.56. The highest BCUT2D eigenvalue weighted by Crippen LogP contribution is 2.39. The Balaban J connectivity index is 2.29. The van der Waals surface area contributed by atoms with Crippen LogP contribution in [0.2, 0.25) is 0 Å². The minimum atomic E-state index is -4.23. The predicted molar refractivity (Wildman–Crippen MR) is 72.5 cm³/mol. The van der Waals surface area contributed by atoms with Gasteiger partial charge in [-0.3, -0.25) is 0 Å². The van der Waals surface area contributed by atoms with Crippen molar-refractivity contribution in [2.45, 2.75) is 67.0 Å². The fourth-order valence-corrected chi connectivity index (χ4v) is 3.00. The van der Waals surface area contributed by atoms with Gasteiger partial charge < -0.3 is 50.3 Å². The van der Waals surface area contributed by atoms with Gasteiger partial charge in [0.2, 0.25) is 0 Å². The molecule has 148 valence electrons. The second kappa shape index (κ2) is 7.60. The molecule has 0 radical (unpaired) electrons. The Kier molecular flexibility index (Phi) is 6.31. The maximum absolute atomic E-state index is 14.8. The number of aliphatic hydroxyl groups is 8. The van der Waals surface area contributed by atoms with Gasteiger partial charge in [0, 0.05) is 0 Å². The van der Waals surface area contributed by atoms with Crippen LogP contribution in [0, 0.1) is 0 Å². The van der Waals surface area contributed by atoms with Crippen LogP contribution in [0.1, 0.15) is 0 Å². The Bertz CT molecular complexity index is 413. The summed E-state index contributed by atoms with van der Waals surface area (Å²) in [6.45, 7) is -1.88. The van der Waals surface area contributed by atoms with Crippen LogP contribution in [0.25, 0.3) is 0 Å². The van der Waals surface area contributed by atoms with E-state index in [1.807, 2.05) is 0 Å². The maximum atomic E-state index is 14.8. The molecule has 0 aromatic rings. The van der Waals surface area contributed by atoms with Gasteiger partial charge in [0.15, 0.2) is 12.2 Å². The normalized spacial score (nSPS) is 49.2. The van der Waals surface area contributed by atoms with Crippen LogP contribution < -0.4 is 0 Å². The molecule has 10 atom stereocenters. The van der Waals surface area contributed by atoms with Gasteiger partial charge in [0.1, 0.15) is 48.8 Å². The van der Waals surface area contributed by atoms with Crippen LogP contribution in [0.5, 0.6) is 0 Å². The van der Waals surface area contributed by atoms with Gasteiger partial charge >= 0.3 is 5.92 Å². The lowest BCUT2D eigenvalue weighted by atomic mass is 9.85. The highest BCUT2D eigenvalue weighted by atomic mass is 19.3. The summed E-state index contributed by atoms with van der Waals surface area (Å²) in [6.07, 6.45) is -20.7. The third kappa shape index (κ3) is 3.51. The number of alkyl halides is 2. The minimum Gasteiger partial charge on any atom is -0.394 e. The molecule has 2 rings (SSSR count). The average molecular weight is 376 g/mol. The standard InChI is InChI=1S/C13H22F2O10/c14-13(15,11-9(22)7(20)5(18)3(1-16)24-11)12-10(23)8(21)6(19)4(2-17)25-12/h3-12,16-23H,1-2H2/t3-,4-,5-,6+,7+,8+,9+,10-,11+,12-/m1/s1. The van der Waals surface area contributed by atoms with Crippen molar-refractivity contribution in [2.75, 3.05) is 13.2 Å². The Morgan fingerprint density at radius 3 is 1.20 bits per heavy atom. The van der Waals surface area contributed by atoms with E-state index in [0.717, 1.165) is 0 Å². The Labute approximate surface area is 140 Å². The van der Waals surface area contributed by atoms with Crippen molar-refractivity contribution < 1.29 is 59.1 Å². The number of hydrogen-bond acceptors (Lipinski definition) is 10. The fourth-order valence-electron chi connectivity index (χ4n) is 3.00. The second-order valence-corrected chi connectivity index (χ2v) is 6.17. The van der Waals surface area contributed by atoms with E-state index < -0.39 is 80.2 Å². The first kappa shape index (κ1) is 20.8. The lowest BCUT2D eigenvalue weighted by Gasteiger charge is -2.48. The van der Waals surface area contributed by atoms with Gasteiger partial charge in [-0.1, -0.05) is 0 Å². The van der Waals surface area contributed by atoms with Crippen LogP contribution in [-0.4, -0.2) is 121 Å². The molecule has 0 amide bonds. The molecule has 2 heterocycles. The Hall–Kier alpha value is -0.540. The van der Waals surface area contributed by atoms with Gasteiger partial charge in [-0.15, -0.1) is 0 Å². The highest BCUT2D eigenvalue weighted by Gasteiger charge is 2.63. The van der Waals surface area contributed by atoms with Crippen LogP contribution in [0.3, 0.4) is 0 Å². The molecule has 2 fully saturated rings. The summed E-state index contributed by atoms with van der Waals surface area (Å²) in [5.41, 5.74) is 0. The molecule has 0 aliphatic carbocycles. The molecule has 0 unspecified atom stereocenters. The van der Waals surface area contributed by atoms with Crippen molar-refractivity contribution >= 4 is 0 Å². The molecule has 0 saturated carbocycles. The molecule has 10 nitrogen and oxygen atoms in total. The van der Waals surface area contributed by atoms with E-state index in [-0.39, 0.29) is 0 Å². The van der Waals surface area contributed by atoms with Gasteiger partial charge in [0.25, 0.3) is 0 Å². The topological polar surface area (TPSA) is 180 Å². The predicted octanol–water partition coefficient (Wildman–Crippen LogP) is -4.69. The zero-order valence-corrected chi connectivity index (χ0v) is 12.8. The lowest BCUT2D eigenvalue weighted by Crippen LogP contribution is -2.70. The quantitative estimate of drug-likeness (QED) is 0.237. The first-order valence-electron chi connectivity index (χ1n) is 7.56. The molecule has 2 aliphatic rings. The van der Waals surface area contributed by atoms with Crippen molar-refractivity contribution in [1.82, 2.24) is 0 Å². The molecule has 2 aliphatic heterocycles. The van der Waals surface area contributed by atoms with Gasteiger partial charge in [-0.05, 0) is 0 Å². The lowest BCUT2D eigenvalue weighted by molar-refractivity contribution is -0.336. The zero-order valence-electron chi connectivity index (χ0n) is 12.8. The van der Waals surface area contributed by atoms with E-state index in [1.165, 1.54) is 0 Å². The molecule has 12 heteroatoms. The minimum absolute atomic E-state index is 0.938. The molecule has 0 aromatic heterocycles. The van der Waals surface area contributed by atoms with Crippen LogP contribution in [0.15, 0.2) is 0 Å². The third-order valence-corrected chi connectivity index (χ3v) is 4.54. The zero-order chi connectivity index (χ0) is 19.1. The molecule has 8 N–H and O–H groups in total. The molecule has 2 saturated heterocycles. The summed E-state index contributed by atoms with van der Waals surface area (Å²) in [7, 11) is 0. The van der Waals surface area contributed by atoms with E-state index >= 15 is 0 Å². The van der Waals surface area contributed by atoms with Crippen molar-refractivity contribution in [3.8, 4) is 0 Å². The van der Waals surface area contributed by atoms with E-state index in [4.69, 9.17) is 19.7 Å².